The summed E-state index contributed by atoms with van der Waals surface area (Å²) in [7, 11) is 3.14. The van der Waals surface area contributed by atoms with Gasteiger partial charge in [0.05, 0.1) is 14.2 Å². The standard InChI is InChI=1S/C11H14O3/c1-7-8(2)11(14-4)10(13-3)5-9(7)6-12/h5-6H,1-4H3. The molecule has 0 aliphatic carbocycles. The molecule has 0 saturated carbocycles. The lowest BCUT2D eigenvalue weighted by Gasteiger charge is -2.13. The molecule has 0 heterocycles. The van der Waals surface area contributed by atoms with Gasteiger partial charge in [-0.2, -0.15) is 0 Å². The molecule has 76 valence electrons. The number of hydrogen-bond acceptors (Lipinski definition) is 3. The van der Waals surface area contributed by atoms with E-state index in [0.29, 0.717) is 17.1 Å². The van der Waals surface area contributed by atoms with E-state index < -0.39 is 0 Å². The predicted molar refractivity (Wildman–Crippen MR) is 54.4 cm³/mol. The first-order chi connectivity index (χ1) is 6.65. The van der Waals surface area contributed by atoms with Crippen molar-refractivity contribution < 1.29 is 14.3 Å². The number of carbonyl (C=O) groups is 1. The molecular formula is C11H14O3. The van der Waals surface area contributed by atoms with Crippen LogP contribution in [0.2, 0.25) is 0 Å². The van der Waals surface area contributed by atoms with E-state index in [4.69, 9.17) is 9.47 Å². The van der Waals surface area contributed by atoms with Gasteiger partial charge in [0.15, 0.2) is 11.5 Å². The maximum atomic E-state index is 10.8. The predicted octanol–water partition coefficient (Wildman–Crippen LogP) is 2.13. The zero-order valence-corrected chi connectivity index (χ0v) is 8.88. The Balaban J connectivity index is 3.45. The first-order valence-corrected chi connectivity index (χ1v) is 4.33. The normalized spacial score (nSPS) is 9.71. The molecule has 0 spiro atoms. The molecule has 3 nitrogen and oxygen atoms in total. The molecule has 1 aromatic carbocycles. The number of hydrogen-bond donors (Lipinski definition) is 0. The zero-order valence-electron chi connectivity index (χ0n) is 8.88. The minimum absolute atomic E-state index is 0.595. The summed E-state index contributed by atoms with van der Waals surface area (Å²) in [6.07, 6.45) is 0.824. The second kappa shape index (κ2) is 4.13. The number of benzene rings is 1. The van der Waals surface area contributed by atoms with Crippen LogP contribution in [0.25, 0.3) is 0 Å². The molecule has 0 aliphatic rings. The summed E-state index contributed by atoms with van der Waals surface area (Å²) in [5, 5.41) is 0. The van der Waals surface area contributed by atoms with Gasteiger partial charge in [-0.05, 0) is 31.0 Å². The Morgan fingerprint density at radius 2 is 1.79 bits per heavy atom. The van der Waals surface area contributed by atoms with Crippen LogP contribution in [0.1, 0.15) is 21.5 Å². The number of methoxy groups -OCH3 is 2. The van der Waals surface area contributed by atoms with Crippen molar-refractivity contribution in [2.75, 3.05) is 14.2 Å². The quantitative estimate of drug-likeness (QED) is 0.691. The third-order valence-electron chi connectivity index (χ3n) is 2.40. The summed E-state index contributed by atoms with van der Waals surface area (Å²) in [5.41, 5.74) is 2.51. The van der Waals surface area contributed by atoms with Crippen molar-refractivity contribution >= 4 is 6.29 Å². The van der Waals surface area contributed by atoms with Crippen molar-refractivity contribution in [2.24, 2.45) is 0 Å². The van der Waals surface area contributed by atoms with Crippen LogP contribution in [-0.2, 0) is 0 Å². The van der Waals surface area contributed by atoms with Crippen LogP contribution in [0.5, 0.6) is 11.5 Å². The number of carbonyl (C=O) groups excluding carboxylic acids is 1. The van der Waals surface area contributed by atoms with E-state index in [9.17, 15) is 4.79 Å². The lowest BCUT2D eigenvalue weighted by molar-refractivity contribution is 0.112. The second-order valence-corrected chi connectivity index (χ2v) is 3.07. The first-order valence-electron chi connectivity index (χ1n) is 4.33. The molecule has 0 amide bonds. The summed E-state index contributed by atoms with van der Waals surface area (Å²) >= 11 is 0. The average Bonchev–Trinajstić information content (AvgIpc) is 2.21. The van der Waals surface area contributed by atoms with Crippen LogP contribution in [-0.4, -0.2) is 20.5 Å². The molecule has 0 N–H and O–H groups in total. The Bertz CT molecular complexity index is 356. The molecule has 1 rings (SSSR count). The van der Waals surface area contributed by atoms with Crippen LogP contribution in [0.3, 0.4) is 0 Å². The number of ether oxygens (including phenoxy) is 2. The van der Waals surface area contributed by atoms with E-state index >= 15 is 0 Å². The Labute approximate surface area is 83.6 Å². The van der Waals surface area contributed by atoms with E-state index in [0.717, 1.165) is 17.4 Å². The summed E-state index contributed by atoms with van der Waals surface area (Å²) in [6, 6.07) is 1.69. The molecule has 1 aromatic rings. The van der Waals surface area contributed by atoms with Gasteiger partial charge in [-0.15, -0.1) is 0 Å². The molecule has 14 heavy (non-hydrogen) atoms. The van der Waals surface area contributed by atoms with Crippen molar-refractivity contribution in [3.8, 4) is 11.5 Å². The Hall–Kier alpha value is -1.51. The van der Waals surface area contributed by atoms with E-state index in [-0.39, 0.29) is 0 Å². The monoisotopic (exact) mass is 194 g/mol. The highest BCUT2D eigenvalue weighted by Crippen LogP contribution is 2.34. The Morgan fingerprint density at radius 3 is 2.21 bits per heavy atom. The van der Waals surface area contributed by atoms with Gasteiger partial charge in [0, 0.05) is 5.56 Å². The van der Waals surface area contributed by atoms with Crippen LogP contribution >= 0.6 is 0 Å². The smallest absolute Gasteiger partial charge is 0.163 e. The first kappa shape index (κ1) is 10.6. The summed E-state index contributed by atoms with van der Waals surface area (Å²) < 4.78 is 10.3. The van der Waals surface area contributed by atoms with Crippen LogP contribution in [0.4, 0.5) is 0 Å². The maximum Gasteiger partial charge on any atom is 0.163 e. The summed E-state index contributed by atoms with van der Waals surface area (Å²) in [4.78, 5) is 10.8. The summed E-state index contributed by atoms with van der Waals surface area (Å²) in [5.74, 6) is 1.29. The van der Waals surface area contributed by atoms with Gasteiger partial charge in [0.25, 0.3) is 0 Å². The van der Waals surface area contributed by atoms with E-state index in [2.05, 4.69) is 0 Å². The largest absolute Gasteiger partial charge is 0.493 e. The van der Waals surface area contributed by atoms with Gasteiger partial charge in [-0.25, -0.2) is 0 Å². The van der Waals surface area contributed by atoms with E-state index in [1.165, 1.54) is 0 Å². The summed E-state index contributed by atoms with van der Waals surface area (Å²) in [6.45, 7) is 3.80. The molecule has 3 heteroatoms. The van der Waals surface area contributed by atoms with Crippen LogP contribution in [0.15, 0.2) is 6.07 Å². The highest BCUT2D eigenvalue weighted by atomic mass is 16.5. The fourth-order valence-corrected chi connectivity index (χ4v) is 1.41. The molecule has 0 aromatic heterocycles. The zero-order chi connectivity index (χ0) is 10.7. The minimum atomic E-state index is 0.595. The third-order valence-corrected chi connectivity index (χ3v) is 2.40. The molecule has 0 atom stereocenters. The topological polar surface area (TPSA) is 35.5 Å². The van der Waals surface area contributed by atoms with Gasteiger partial charge >= 0.3 is 0 Å². The van der Waals surface area contributed by atoms with Crippen molar-refractivity contribution in [2.45, 2.75) is 13.8 Å². The minimum Gasteiger partial charge on any atom is -0.493 e. The molecule has 0 unspecified atom stereocenters. The van der Waals surface area contributed by atoms with Crippen molar-refractivity contribution in [3.63, 3.8) is 0 Å². The molecular weight excluding hydrogens is 180 g/mol. The van der Waals surface area contributed by atoms with Gasteiger partial charge in [0.2, 0.25) is 0 Å². The van der Waals surface area contributed by atoms with Crippen molar-refractivity contribution in [3.05, 3.63) is 22.8 Å². The number of aldehydes is 1. The fraction of sp³-hybridized carbons (Fsp3) is 0.364. The van der Waals surface area contributed by atoms with E-state index in [1.807, 2.05) is 13.8 Å². The van der Waals surface area contributed by atoms with Gasteiger partial charge in [0.1, 0.15) is 6.29 Å². The molecule has 0 bridgehead atoms. The maximum absolute atomic E-state index is 10.8. The van der Waals surface area contributed by atoms with Crippen molar-refractivity contribution in [1.29, 1.82) is 0 Å². The lowest BCUT2D eigenvalue weighted by Crippen LogP contribution is -1.98. The average molecular weight is 194 g/mol. The highest BCUT2D eigenvalue weighted by molar-refractivity contribution is 5.80. The molecule has 0 radical (unpaired) electrons. The SMILES string of the molecule is COc1cc(C=O)c(C)c(C)c1OC. The van der Waals surface area contributed by atoms with Crippen LogP contribution in [0, 0.1) is 13.8 Å². The lowest BCUT2D eigenvalue weighted by atomic mass is 10.0. The van der Waals surface area contributed by atoms with Crippen LogP contribution < -0.4 is 9.47 Å². The third kappa shape index (κ3) is 1.58. The fourth-order valence-electron chi connectivity index (χ4n) is 1.41. The molecule has 0 saturated heterocycles. The number of rotatable bonds is 3. The Morgan fingerprint density at radius 1 is 1.14 bits per heavy atom. The van der Waals surface area contributed by atoms with Gasteiger partial charge in [-0.3, -0.25) is 4.79 Å². The van der Waals surface area contributed by atoms with E-state index in [1.54, 1.807) is 20.3 Å². The van der Waals surface area contributed by atoms with Gasteiger partial charge in [-0.1, -0.05) is 0 Å². The molecule has 0 fully saturated rings. The molecule has 0 aliphatic heterocycles. The van der Waals surface area contributed by atoms with Crippen molar-refractivity contribution in [1.82, 2.24) is 0 Å². The Kier molecular flexibility index (Phi) is 3.12. The second-order valence-electron chi connectivity index (χ2n) is 3.07. The van der Waals surface area contributed by atoms with Gasteiger partial charge < -0.3 is 9.47 Å². The highest BCUT2D eigenvalue weighted by Gasteiger charge is 2.12.